The molecule has 3 heteroatoms. The Bertz CT molecular complexity index is 866. The van der Waals surface area contributed by atoms with Crippen molar-refractivity contribution in [1.29, 1.82) is 0 Å². The molecule has 1 heterocycles. The molecule has 0 radical (unpaired) electrons. The Balaban J connectivity index is 1.89. The number of carbonyl (C=O) groups excluding carboxylic acids is 1. The van der Waals surface area contributed by atoms with Crippen LogP contribution in [0.2, 0.25) is 0 Å². The number of amides is 1. The predicted molar refractivity (Wildman–Crippen MR) is 102 cm³/mol. The van der Waals surface area contributed by atoms with Gasteiger partial charge in [0.1, 0.15) is 0 Å². The van der Waals surface area contributed by atoms with E-state index in [4.69, 9.17) is 4.98 Å². The van der Waals surface area contributed by atoms with E-state index in [0.29, 0.717) is 6.42 Å². The Labute approximate surface area is 149 Å². The molecule has 0 aliphatic carbocycles. The highest BCUT2D eigenvalue weighted by Gasteiger charge is 2.25. The van der Waals surface area contributed by atoms with Gasteiger partial charge in [-0.05, 0) is 17.7 Å². The van der Waals surface area contributed by atoms with Gasteiger partial charge in [-0.1, -0.05) is 75.4 Å². The van der Waals surface area contributed by atoms with Crippen molar-refractivity contribution in [2.45, 2.75) is 33.2 Å². The Kier molecular flexibility index (Phi) is 4.84. The third-order valence-corrected chi connectivity index (χ3v) is 4.26. The Morgan fingerprint density at radius 1 is 0.960 bits per heavy atom. The molecule has 0 aliphatic heterocycles. The first kappa shape index (κ1) is 17.2. The van der Waals surface area contributed by atoms with Gasteiger partial charge in [-0.15, -0.1) is 0 Å². The number of pyridine rings is 1. The Morgan fingerprint density at radius 2 is 1.64 bits per heavy atom. The second kappa shape index (κ2) is 7.06. The maximum Gasteiger partial charge on any atom is 0.225 e. The van der Waals surface area contributed by atoms with E-state index < -0.39 is 5.41 Å². The molecule has 0 fully saturated rings. The lowest BCUT2D eigenvalue weighted by Gasteiger charge is -2.24. The first-order valence-corrected chi connectivity index (χ1v) is 8.64. The fourth-order valence-electron chi connectivity index (χ4n) is 2.74. The largest absolute Gasteiger partial charge is 0.348 e. The fourth-order valence-corrected chi connectivity index (χ4v) is 2.74. The van der Waals surface area contributed by atoms with Gasteiger partial charge in [0.2, 0.25) is 5.91 Å². The van der Waals surface area contributed by atoms with Crippen LogP contribution in [0.1, 0.15) is 38.1 Å². The van der Waals surface area contributed by atoms with Crippen molar-refractivity contribution in [2.24, 2.45) is 5.41 Å². The minimum atomic E-state index is -0.427. The van der Waals surface area contributed by atoms with E-state index in [0.717, 1.165) is 22.2 Å². The van der Waals surface area contributed by atoms with Gasteiger partial charge in [-0.25, -0.2) is 0 Å². The van der Waals surface area contributed by atoms with Gasteiger partial charge in [0.05, 0.1) is 11.6 Å². The quantitative estimate of drug-likeness (QED) is 0.753. The molecular formula is C22H24N2O. The molecule has 1 N–H and O–H groups in total. The third-order valence-electron chi connectivity index (χ3n) is 4.26. The number of hydrogen-bond donors (Lipinski definition) is 1. The summed E-state index contributed by atoms with van der Waals surface area (Å²) in [6, 6.07) is 22.2. The topological polar surface area (TPSA) is 42.0 Å². The molecule has 0 bridgehead atoms. The second-order valence-electron chi connectivity index (χ2n) is 7.39. The van der Waals surface area contributed by atoms with Crippen LogP contribution in [0.15, 0.2) is 66.7 Å². The van der Waals surface area contributed by atoms with Crippen LogP contribution in [-0.2, 0) is 11.2 Å². The monoisotopic (exact) mass is 332 g/mol. The molecule has 3 aromatic rings. The molecule has 25 heavy (non-hydrogen) atoms. The SMILES string of the molecule is CC(C)(C)C(=O)N[C@H](Cc1ccc2ccccc2n1)c1ccccc1. The van der Waals surface area contributed by atoms with E-state index in [9.17, 15) is 4.79 Å². The summed E-state index contributed by atoms with van der Waals surface area (Å²) in [5.74, 6) is 0.0437. The van der Waals surface area contributed by atoms with Crippen molar-refractivity contribution < 1.29 is 4.79 Å². The normalized spacial score (nSPS) is 12.8. The van der Waals surface area contributed by atoms with Gasteiger partial charge < -0.3 is 5.32 Å². The molecule has 0 spiro atoms. The summed E-state index contributed by atoms with van der Waals surface area (Å²) < 4.78 is 0. The lowest BCUT2D eigenvalue weighted by atomic mass is 9.93. The summed E-state index contributed by atoms with van der Waals surface area (Å²) in [6.07, 6.45) is 0.663. The summed E-state index contributed by atoms with van der Waals surface area (Å²) in [6.45, 7) is 5.79. The van der Waals surface area contributed by atoms with E-state index in [1.165, 1.54) is 0 Å². The maximum atomic E-state index is 12.5. The molecular weight excluding hydrogens is 308 g/mol. The number of nitrogens with zero attached hydrogens (tertiary/aromatic N) is 1. The zero-order valence-corrected chi connectivity index (χ0v) is 15.0. The number of para-hydroxylation sites is 1. The number of carbonyl (C=O) groups is 1. The molecule has 2 aromatic carbocycles. The first-order chi connectivity index (χ1) is 11.9. The zero-order chi connectivity index (χ0) is 17.9. The Morgan fingerprint density at radius 3 is 2.36 bits per heavy atom. The average molecular weight is 332 g/mol. The zero-order valence-electron chi connectivity index (χ0n) is 15.0. The highest BCUT2D eigenvalue weighted by molar-refractivity contribution is 5.82. The summed E-state index contributed by atoms with van der Waals surface area (Å²) in [5.41, 5.74) is 2.62. The van der Waals surface area contributed by atoms with E-state index >= 15 is 0 Å². The minimum absolute atomic E-state index is 0.0437. The molecule has 0 saturated heterocycles. The van der Waals surface area contributed by atoms with Gasteiger partial charge in [0, 0.05) is 22.9 Å². The summed E-state index contributed by atoms with van der Waals surface area (Å²) >= 11 is 0. The van der Waals surface area contributed by atoms with E-state index in [2.05, 4.69) is 29.6 Å². The molecule has 1 atom stereocenters. The molecule has 3 nitrogen and oxygen atoms in total. The smallest absolute Gasteiger partial charge is 0.225 e. The van der Waals surface area contributed by atoms with E-state index in [1.54, 1.807) is 0 Å². The molecule has 0 saturated carbocycles. The number of fused-ring (bicyclic) bond motifs is 1. The summed E-state index contributed by atoms with van der Waals surface area (Å²) in [5, 5.41) is 4.32. The van der Waals surface area contributed by atoms with Crippen LogP contribution in [-0.4, -0.2) is 10.9 Å². The van der Waals surface area contributed by atoms with Crippen LogP contribution < -0.4 is 5.32 Å². The molecule has 1 aromatic heterocycles. The molecule has 3 rings (SSSR count). The number of hydrogen-bond acceptors (Lipinski definition) is 2. The van der Waals surface area contributed by atoms with Crippen molar-refractivity contribution in [3.63, 3.8) is 0 Å². The molecule has 1 amide bonds. The number of aromatic nitrogens is 1. The first-order valence-electron chi connectivity index (χ1n) is 8.64. The lowest BCUT2D eigenvalue weighted by molar-refractivity contribution is -0.129. The van der Waals surface area contributed by atoms with Crippen LogP contribution in [0.4, 0.5) is 0 Å². The summed E-state index contributed by atoms with van der Waals surface area (Å²) in [4.78, 5) is 17.3. The van der Waals surface area contributed by atoms with Crippen molar-refractivity contribution in [3.05, 3.63) is 78.0 Å². The fraction of sp³-hybridized carbons (Fsp3) is 0.273. The van der Waals surface area contributed by atoms with Gasteiger partial charge in [0.15, 0.2) is 0 Å². The summed E-state index contributed by atoms with van der Waals surface area (Å²) in [7, 11) is 0. The van der Waals surface area contributed by atoms with Crippen LogP contribution in [0, 0.1) is 5.41 Å². The number of benzene rings is 2. The van der Waals surface area contributed by atoms with Crippen molar-refractivity contribution >= 4 is 16.8 Å². The van der Waals surface area contributed by atoms with Crippen molar-refractivity contribution in [1.82, 2.24) is 10.3 Å². The van der Waals surface area contributed by atoms with Gasteiger partial charge in [-0.2, -0.15) is 0 Å². The van der Waals surface area contributed by atoms with Crippen LogP contribution >= 0.6 is 0 Å². The standard InChI is InChI=1S/C22H24N2O/c1-22(2,3)21(25)24-20(16-9-5-4-6-10-16)15-18-14-13-17-11-7-8-12-19(17)23-18/h4-14,20H,15H2,1-3H3,(H,24,25)/t20-/m1/s1. The second-order valence-corrected chi connectivity index (χ2v) is 7.39. The lowest BCUT2D eigenvalue weighted by Crippen LogP contribution is -2.38. The maximum absolute atomic E-state index is 12.5. The Hall–Kier alpha value is -2.68. The van der Waals surface area contributed by atoms with Gasteiger partial charge >= 0.3 is 0 Å². The molecule has 0 aliphatic rings. The van der Waals surface area contributed by atoms with Gasteiger partial charge in [-0.3, -0.25) is 9.78 Å². The molecule has 0 unspecified atom stereocenters. The third kappa shape index (κ3) is 4.24. The van der Waals surface area contributed by atoms with E-state index in [1.807, 2.05) is 63.2 Å². The highest BCUT2D eigenvalue weighted by atomic mass is 16.2. The minimum Gasteiger partial charge on any atom is -0.348 e. The van der Waals surface area contributed by atoms with E-state index in [-0.39, 0.29) is 11.9 Å². The highest BCUT2D eigenvalue weighted by Crippen LogP contribution is 2.22. The van der Waals surface area contributed by atoms with Crippen LogP contribution in [0.5, 0.6) is 0 Å². The van der Waals surface area contributed by atoms with Gasteiger partial charge in [0.25, 0.3) is 0 Å². The van der Waals surface area contributed by atoms with Crippen LogP contribution in [0.25, 0.3) is 10.9 Å². The van der Waals surface area contributed by atoms with Crippen molar-refractivity contribution in [2.75, 3.05) is 0 Å². The number of nitrogens with one attached hydrogen (secondary N) is 1. The van der Waals surface area contributed by atoms with Crippen LogP contribution in [0.3, 0.4) is 0 Å². The molecule has 128 valence electrons. The predicted octanol–water partition coefficient (Wildman–Crippen LogP) is 4.68. The van der Waals surface area contributed by atoms with Crippen molar-refractivity contribution in [3.8, 4) is 0 Å². The number of rotatable bonds is 4. The average Bonchev–Trinajstić information content (AvgIpc) is 2.61.